The number of nitriles is 1. The SMILES string of the molecule is CSc1nc(N)nc(-n2nc(C)cc2C)c1C#N. The van der Waals surface area contributed by atoms with Crippen molar-refractivity contribution in [2.45, 2.75) is 18.9 Å². The van der Waals surface area contributed by atoms with Gasteiger partial charge in [-0.2, -0.15) is 15.3 Å². The van der Waals surface area contributed by atoms with Crippen molar-refractivity contribution in [3.05, 3.63) is 23.0 Å². The molecule has 0 spiro atoms. The van der Waals surface area contributed by atoms with Crippen LogP contribution in [0.25, 0.3) is 5.82 Å². The van der Waals surface area contributed by atoms with Crippen LogP contribution < -0.4 is 5.73 Å². The van der Waals surface area contributed by atoms with E-state index in [1.54, 1.807) is 4.68 Å². The van der Waals surface area contributed by atoms with Gasteiger partial charge in [0.1, 0.15) is 16.7 Å². The third-order valence-corrected chi connectivity index (χ3v) is 3.07. The summed E-state index contributed by atoms with van der Waals surface area (Å²) in [5.74, 6) is 0.570. The summed E-state index contributed by atoms with van der Waals surface area (Å²) in [4.78, 5) is 8.18. The van der Waals surface area contributed by atoms with Gasteiger partial charge in [0.25, 0.3) is 0 Å². The number of nitrogens with two attached hydrogens (primary N) is 1. The Kier molecular flexibility index (Phi) is 3.21. The smallest absolute Gasteiger partial charge is 0.223 e. The number of thioether (sulfide) groups is 1. The van der Waals surface area contributed by atoms with Crippen LogP contribution in [0.5, 0.6) is 0 Å². The molecule has 2 heterocycles. The predicted molar refractivity (Wildman–Crippen MR) is 69.5 cm³/mol. The van der Waals surface area contributed by atoms with Crippen LogP contribution >= 0.6 is 11.8 Å². The maximum Gasteiger partial charge on any atom is 0.223 e. The summed E-state index contributed by atoms with van der Waals surface area (Å²) in [6.45, 7) is 3.79. The first-order chi connectivity index (χ1) is 8.56. The Morgan fingerprint density at radius 1 is 1.39 bits per heavy atom. The lowest BCUT2D eigenvalue weighted by Crippen LogP contribution is -2.10. The minimum absolute atomic E-state index is 0.140. The van der Waals surface area contributed by atoms with E-state index in [4.69, 9.17) is 5.73 Å². The van der Waals surface area contributed by atoms with E-state index >= 15 is 0 Å². The van der Waals surface area contributed by atoms with Gasteiger partial charge < -0.3 is 5.73 Å². The minimum Gasteiger partial charge on any atom is -0.368 e. The summed E-state index contributed by atoms with van der Waals surface area (Å²) in [7, 11) is 0. The van der Waals surface area contributed by atoms with Crippen LogP contribution in [0.2, 0.25) is 0 Å². The fraction of sp³-hybridized carbons (Fsp3) is 0.273. The molecule has 92 valence electrons. The van der Waals surface area contributed by atoms with Gasteiger partial charge in [-0.25, -0.2) is 9.67 Å². The van der Waals surface area contributed by atoms with Crippen LogP contribution in [0.15, 0.2) is 11.1 Å². The Hall–Kier alpha value is -2.07. The van der Waals surface area contributed by atoms with Gasteiger partial charge in [-0.1, -0.05) is 0 Å². The van der Waals surface area contributed by atoms with E-state index in [1.165, 1.54) is 11.8 Å². The number of hydrogen-bond acceptors (Lipinski definition) is 6. The lowest BCUT2D eigenvalue weighted by molar-refractivity contribution is 0.790. The van der Waals surface area contributed by atoms with Crippen LogP contribution in [0.1, 0.15) is 17.0 Å². The molecule has 0 aliphatic rings. The van der Waals surface area contributed by atoms with Gasteiger partial charge in [0.15, 0.2) is 5.82 Å². The zero-order valence-electron chi connectivity index (χ0n) is 10.3. The van der Waals surface area contributed by atoms with Gasteiger partial charge in [-0.05, 0) is 26.2 Å². The van der Waals surface area contributed by atoms with Crippen molar-refractivity contribution >= 4 is 17.7 Å². The lowest BCUT2D eigenvalue weighted by Gasteiger charge is -2.08. The molecule has 18 heavy (non-hydrogen) atoms. The van der Waals surface area contributed by atoms with Crippen molar-refractivity contribution in [3.8, 4) is 11.9 Å². The van der Waals surface area contributed by atoms with Crippen molar-refractivity contribution in [3.63, 3.8) is 0 Å². The predicted octanol–water partition coefficient (Wildman–Crippen LogP) is 1.45. The van der Waals surface area contributed by atoms with Crippen molar-refractivity contribution < 1.29 is 0 Å². The molecule has 2 rings (SSSR count). The van der Waals surface area contributed by atoms with Crippen LogP contribution in [0.4, 0.5) is 5.95 Å². The van der Waals surface area contributed by atoms with Crippen molar-refractivity contribution in [1.29, 1.82) is 5.26 Å². The molecule has 0 amide bonds. The molecular formula is C11H12N6S. The summed E-state index contributed by atoms with van der Waals surface area (Å²) in [5, 5.41) is 14.1. The highest BCUT2D eigenvalue weighted by molar-refractivity contribution is 7.98. The molecule has 7 heteroatoms. The van der Waals surface area contributed by atoms with Crippen LogP contribution in [-0.4, -0.2) is 26.0 Å². The molecule has 0 fully saturated rings. The topological polar surface area (TPSA) is 93.4 Å². The highest BCUT2D eigenvalue weighted by atomic mass is 32.2. The van der Waals surface area contributed by atoms with Crippen LogP contribution in [-0.2, 0) is 0 Å². The summed E-state index contributed by atoms with van der Waals surface area (Å²) >= 11 is 1.36. The Labute approximate surface area is 109 Å². The summed E-state index contributed by atoms with van der Waals surface area (Å²) in [6.07, 6.45) is 1.84. The second kappa shape index (κ2) is 4.66. The van der Waals surface area contributed by atoms with Gasteiger partial charge in [-0.3, -0.25) is 0 Å². The first-order valence-corrected chi connectivity index (χ1v) is 6.44. The molecule has 2 aromatic heterocycles. The van der Waals surface area contributed by atoms with Gasteiger partial charge >= 0.3 is 0 Å². The van der Waals surface area contributed by atoms with Crippen LogP contribution in [0, 0.1) is 25.2 Å². The molecule has 0 saturated carbocycles. The second-order valence-electron chi connectivity index (χ2n) is 3.74. The van der Waals surface area contributed by atoms with Gasteiger partial charge in [0, 0.05) is 5.69 Å². The molecule has 0 aliphatic heterocycles. The number of aryl methyl sites for hydroxylation is 2. The molecule has 0 aliphatic carbocycles. The van der Waals surface area contributed by atoms with E-state index in [9.17, 15) is 5.26 Å². The highest BCUT2D eigenvalue weighted by Crippen LogP contribution is 2.23. The molecule has 2 N–H and O–H groups in total. The van der Waals surface area contributed by atoms with E-state index in [1.807, 2.05) is 26.2 Å². The Bertz CT molecular complexity index is 640. The van der Waals surface area contributed by atoms with Crippen molar-refractivity contribution in [1.82, 2.24) is 19.7 Å². The average Bonchev–Trinajstić information content (AvgIpc) is 2.67. The molecule has 0 atom stereocenters. The largest absolute Gasteiger partial charge is 0.368 e. The maximum atomic E-state index is 9.26. The molecule has 2 aromatic rings. The molecule has 0 unspecified atom stereocenters. The molecule has 0 radical (unpaired) electrons. The standard InChI is InChI=1S/C11H12N6S/c1-6-4-7(2)17(16-6)9-8(5-12)10(18-3)15-11(13)14-9/h4H,1-3H3,(H2,13,14,15). The number of nitrogen functional groups attached to an aromatic ring is 1. The number of rotatable bonds is 2. The lowest BCUT2D eigenvalue weighted by atomic mass is 10.3. The maximum absolute atomic E-state index is 9.26. The first kappa shape index (κ1) is 12.4. The minimum atomic E-state index is 0.140. The van der Waals surface area contributed by atoms with E-state index in [2.05, 4.69) is 21.1 Å². The summed E-state index contributed by atoms with van der Waals surface area (Å²) in [6, 6.07) is 4.03. The Morgan fingerprint density at radius 2 is 2.11 bits per heavy atom. The third-order valence-electron chi connectivity index (χ3n) is 2.39. The van der Waals surface area contributed by atoms with Gasteiger partial charge in [-0.15, -0.1) is 11.8 Å². The van der Waals surface area contributed by atoms with Gasteiger partial charge in [0.2, 0.25) is 5.95 Å². The fourth-order valence-electron chi connectivity index (χ4n) is 1.69. The van der Waals surface area contributed by atoms with E-state index < -0.39 is 0 Å². The van der Waals surface area contributed by atoms with Crippen LogP contribution in [0.3, 0.4) is 0 Å². The molecule has 6 nitrogen and oxygen atoms in total. The summed E-state index contributed by atoms with van der Waals surface area (Å²) < 4.78 is 1.62. The zero-order chi connectivity index (χ0) is 13.3. The third kappa shape index (κ3) is 2.02. The van der Waals surface area contributed by atoms with Gasteiger partial charge in [0.05, 0.1) is 5.69 Å². The average molecular weight is 260 g/mol. The van der Waals surface area contributed by atoms with E-state index in [0.29, 0.717) is 16.4 Å². The number of nitrogens with zero attached hydrogens (tertiary/aromatic N) is 5. The molecular weight excluding hydrogens is 248 g/mol. The van der Waals surface area contributed by atoms with Crippen molar-refractivity contribution in [2.24, 2.45) is 0 Å². The van der Waals surface area contributed by atoms with E-state index in [-0.39, 0.29) is 5.95 Å². The highest BCUT2D eigenvalue weighted by Gasteiger charge is 2.16. The first-order valence-electron chi connectivity index (χ1n) is 5.22. The quantitative estimate of drug-likeness (QED) is 0.649. The Balaban J connectivity index is 2.75. The Morgan fingerprint density at radius 3 is 2.61 bits per heavy atom. The van der Waals surface area contributed by atoms with E-state index in [0.717, 1.165) is 11.4 Å². The second-order valence-corrected chi connectivity index (χ2v) is 4.54. The normalized spacial score (nSPS) is 10.3. The fourth-order valence-corrected chi connectivity index (χ4v) is 2.21. The molecule has 0 saturated heterocycles. The monoisotopic (exact) mass is 260 g/mol. The molecule has 0 bridgehead atoms. The number of anilines is 1. The van der Waals surface area contributed by atoms with Crippen molar-refractivity contribution in [2.75, 3.05) is 12.0 Å². The number of hydrogen-bond donors (Lipinski definition) is 1. The number of aromatic nitrogens is 4. The molecule has 0 aromatic carbocycles. The summed E-state index contributed by atoms with van der Waals surface area (Å²) in [5.41, 5.74) is 7.82. The zero-order valence-corrected chi connectivity index (χ0v) is 11.1.